The molecular weight excluding hydrogens is 534 g/mol. The van der Waals surface area contributed by atoms with E-state index in [0.717, 1.165) is 41.3 Å². The van der Waals surface area contributed by atoms with Crippen molar-refractivity contribution >= 4 is 43.9 Å². The molecule has 4 N–H and O–H groups in total. The van der Waals surface area contributed by atoms with Gasteiger partial charge in [-0.05, 0) is 55.5 Å². The van der Waals surface area contributed by atoms with Crippen LogP contribution in [0.4, 0.5) is 25.5 Å². The molecule has 0 atom stereocenters. The summed E-state index contributed by atoms with van der Waals surface area (Å²) in [6.07, 6.45) is 4.17. The average Bonchev–Trinajstić information content (AvgIpc) is 3.26. The van der Waals surface area contributed by atoms with E-state index in [1.807, 2.05) is 12.1 Å². The number of ketones is 1. The Labute approximate surface area is 224 Å². The first-order valence-electron chi connectivity index (χ1n) is 12.4. The van der Waals surface area contributed by atoms with Crippen molar-refractivity contribution in [3.8, 4) is 0 Å². The second kappa shape index (κ2) is 12.1. The number of sulfonamides is 1. The van der Waals surface area contributed by atoms with E-state index < -0.39 is 33.0 Å². The lowest BCUT2D eigenvalue weighted by Crippen LogP contribution is -2.43. The Bertz CT molecular complexity index is 1370. The molecule has 13 heteroatoms. The number of aromatic nitrogens is 2. The fraction of sp³-hybridized carbons (Fsp3) is 0.400. The predicted molar refractivity (Wildman–Crippen MR) is 145 cm³/mol. The molecule has 4 rings (SSSR count). The van der Waals surface area contributed by atoms with Gasteiger partial charge in [-0.3, -0.25) is 4.79 Å². The van der Waals surface area contributed by atoms with E-state index in [1.54, 1.807) is 6.20 Å². The second-order valence-electron chi connectivity index (χ2n) is 8.98. The van der Waals surface area contributed by atoms with Crippen LogP contribution in [-0.2, 0) is 16.4 Å². The first kappa shape index (κ1) is 27.9. The Hall–Kier alpha value is -3.16. The van der Waals surface area contributed by atoms with Gasteiger partial charge in [-0.25, -0.2) is 31.5 Å². The minimum atomic E-state index is -3.40. The highest BCUT2D eigenvalue weighted by Crippen LogP contribution is 2.30. The zero-order chi connectivity index (χ0) is 27.3. The highest BCUT2D eigenvalue weighted by atomic mass is 32.2. The molecule has 0 unspecified atom stereocenters. The number of nitrogens with one attached hydrogen (secondary N) is 2. The summed E-state index contributed by atoms with van der Waals surface area (Å²) in [5.41, 5.74) is 6.36. The van der Waals surface area contributed by atoms with E-state index in [2.05, 4.69) is 27.5 Å². The quantitative estimate of drug-likeness (QED) is 0.236. The third-order valence-corrected chi connectivity index (χ3v) is 9.30. The maximum absolute atomic E-state index is 14.0. The summed E-state index contributed by atoms with van der Waals surface area (Å²) >= 11 is 0.920. The number of carbonyl (C=O) groups is 1. The van der Waals surface area contributed by atoms with Gasteiger partial charge in [0.1, 0.15) is 28.1 Å². The fourth-order valence-corrected chi connectivity index (χ4v) is 6.67. The summed E-state index contributed by atoms with van der Waals surface area (Å²) in [6.45, 7) is 3.26. The molecule has 204 valence electrons. The third kappa shape index (κ3) is 6.63. The molecule has 1 aliphatic heterocycles. The molecule has 1 aliphatic rings. The van der Waals surface area contributed by atoms with Crippen LogP contribution in [0.1, 0.15) is 47.0 Å². The number of benzene rings is 1. The molecular formula is C25H30F2N6O3S2. The summed E-state index contributed by atoms with van der Waals surface area (Å²) in [6, 6.07) is 7.01. The Balaban J connectivity index is 1.27. The molecule has 3 aromatic rings. The first-order valence-corrected chi connectivity index (χ1v) is 14.8. The van der Waals surface area contributed by atoms with Crippen LogP contribution < -0.4 is 16.4 Å². The van der Waals surface area contributed by atoms with Crippen LogP contribution in [0.5, 0.6) is 0 Å². The van der Waals surface area contributed by atoms with Crippen LogP contribution in [0.25, 0.3) is 0 Å². The summed E-state index contributed by atoms with van der Waals surface area (Å²) in [5, 5.41) is 6.70. The highest BCUT2D eigenvalue weighted by molar-refractivity contribution is 7.89. The minimum Gasteiger partial charge on any atom is -0.382 e. The lowest BCUT2D eigenvalue weighted by Gasteiger charge is -2.31. The number of pyridine rings is 1. The number of piperidine rings is 1. The van der Waals surface area contributed by atoms with Crippen molar-refractivity contribution < 1.29 is 22.0 Å². The van der Waals surface area contributed by atoms with Crippen LogP contribution in [-0.4, -0.2) is 59.9 Å². The molecule has 0 amide bonds. The Morgan fingerprint density at radius 3 is 2.61 bits per heavy atom. The SMILES string of the molecule is CCc1ccnc(NCCCS(=O)(=O)N2CCC(Nc3nc(N)c(C(=O)c4c(F)cccc4F)s3)CC2)c1. The van der Waals surface area contributed by atoms with Crippen molar-refractivity contribution in [3.63, 3.8) is 0 Å². The Morgan fingerprint density at radius 1 is 1.21 bits per heavy atom. The molecule has 2 aromatic heterocycles. The topological polar surface area (TPSA) is 130 Å². The van der Waals surface area contributed by atoms with E-state index in [4.69, 9.17) is 5.73 Å². The van der Waals surface area contributed by atoms with Gasteiger partial charge < -0.3 is 16.4 Å². The van der Waals surface area contributed by atoms with Crippen LogP contribution in [0.2, 0.25) is 0 Å². The van der Waals surface area contributed by atoms with Crippen molar-refractivity contribution in [2.24, 2.45) is 0 Å². The van der Waals surface area contributed by atoms with E-state index in [-0.39, 0.29) is 22.5 Å². The van der Waals surface area contributed by atoms with Crippen molar-refractivity contribution in [1.82, 2.24) is 14.3 Å². The fourth-order valence-electron chi connectivity index (χ4n) is 4.23. The molecule has 0 radical (unpaired) electrons. The van der Waals surface area contributed by atoms with Gasteiger partial charge >= 0.3 is 0 Å². The van der Waals surface area contributed by atoms with Crippen molar-refractivity contribution in [3.05, 3.63) is 64.2 Å². The number of nitrogen functional groups attached to an aromatic ring is 1. The zero-order valence-corrected chi connectivity index (χ0v) is 22.5. The molecule has 3 heterocycles. The number of nitrogens with zero attached hydrogens (tertiary/aromatic N) is 3. The molecule has 1 saturated heterocycles. The molecule has 0 aliphatic carbocycles. The van der Waals surface area contributed by atoms with E-state index in [0.29, 0.717) is 44.0 Å². The monoisotopic (exact) mass is 564 g/mol. The highest BCUT2D eigenvalue weighted by Gasteiger charge is 2.29. The third-order valence-electron chi connectivity index (χ3n) is 6.34. The second-order valence-corrected chi connectivity index (χ2v) is 12.1. The predicted octanol–water partition coefficient (Wildman–Crippen LogP) is 3.90. The van der Waals surface area contributed by atoms with Crippen molar-refractivity contribution in [1.29, 1.82) is 0 Å². The average molecular weight is 565 g/mol. The summed E-state index contributed by atoms with van der Waals surface area (Å²) in [5.74, 6) is -2.15. The summed E-state index contributed by atoms with van der Waals surface area (Å²) in [4.78, 5) is 21.0. The van der Waals surface area contributed by atoms with E-state index in [9.17, 15) is 22.0 Å². The van der Waals surface area contributed by atoms with Crippen LogP contribution in [0.3, 0.4) is 0 Å². The number of aryl methyl sites for hydroxylation is 1. The maximum atomic E-state index is 14.0. The Morgan fingerprint density at radius 2 is 1.92 bits per heavy atom. The molecule has 9 nitrogen and oxygen atoms in total. The lowest BCUT2D eigenvalue weighted by molar-refractivity contribution is 0.103. The van der Waals surface area contributed by atoms with Gasteiger partial charge in [0.2, 0.25) is 15.8 Å². The van der Waals surface area contributed by atoms with E-state index >= 15 is 0 Å². The maximum Gasteiger partial charge on any atom is 0.214 e. The van der Waals surface area contributed by atoms with Crippen LogP contribution in [0, 0.1) is 11.6 Å². The minimum absolute atomic E-state index is 0.0344. The number of rotatable bonds is 11. The van der Waals surface area contributed by atoms with Gasteiger partial charge in [-0.1, -0.05) is 24.3 Å². The summed E-state index contributed by atoms with van der Waals surface area (Å²) in [7, 11) is -3.40. The smallest absolute Gasteiger partial charge is 0.214 e. The number of nitrogens with two attached hydrogens (primary N) is 1. The molecule has 0 spiro atoms. The largest absolute Gasteiger partial charge is 0.382 e. The van der Waals surface area contributed by atoms with Gasteiger partial charge in [-0.2, -0.15) is 0 Å². The number of hydrogen-bond acceptors (Lipinski definition) is 9. The molecule has 1 aromatic carbocycles. The van der Waals surface area contributed by atoms with Gasteiger partial charge in [0, 0.05) is 31.9 Å². The van der Waals surface area contributed by atoms with Gasteiger partial charge in [0.15, 0.2) is 5.13 Å². The first-order chi connectivity index (χ1) is 18.2. The molecule has 0 saturated carbocycles. The lowest BCUT2D eigenvalue weighted by atomic mass is 10.1. The van der Waals surface area contributed by atoms with Crippen LogP contribution >= 0.6 is 11.3 Å². The Kier molecular flexibility index (Phi) is 8.90. The number of anilines is 3. The molecule has 0 bridgehead atoms. The van der Waals surface area contributed by atoms with Gasteiger partial charge in [0.05, 0.1) is 11.3 Å². The number of carbonyl (C=O) groups excluding carboxylic acids is 1. The zero-order valence-electron chi connectivity index (χ0n) is 20.9. The number of thiazole rings is 1. The summed E-state index contributed by atoms with van der Waals surface area (Å²) < 4.78 is 55.2. The van der Waals surface area contributed by atoms with E-state index in [1.165, 1.54) is 10.4 Å². The standard InChI is InChI=1S/C25H30F2N6O3S2/c1-2-16-7-11-30-20(15-16)29-10-4-14-38(35,36)33-12-8-17(9-13-33)31-25-32-24(28)23(37-25)22(34)21-18(26)5-3-6-19(21)27/h3,5-7,11,15,17H,2,4,8-10,12-14,28H2,1H3,(H,29,30)(H,31,32). The van der Waals surface area contributed by atoms with Gasteiger partial charge in [-0.15, -0.1) is 0 Å². The van der Waals surface area contributed by atoms with Crippen molar-refractivity contribution in [2.75, 3.05) is 41.8 Å². The number of halogens is 2. The number of hydrogen-bond donors (Lipinski definition) is 3. The van der Waals surface area contributed by atoms with Crippen LogP contribution in [0.15, 0.2) is 36.5 Å². The van der Waals surface area contributed by atoms with Crippen molar-refractivity contribution in [2.45, 2.75) is 38.6 Å². The molecule has 38 heavy (non-hydrogen) atoms. The molecule has 1 fully saturated rings. The van der Waals surface area contributed by atoms with Gasteiger partial charge in [0.25, 0.3) is 0 Å². The normalized spacial score (nSPS) is 14.9.